The zero-order chi connectivity index (χ0) is 17.1. The summed E-state index contributed by atoms with van der Waals surface area (Å²) in [5.74, 6) is 5.68. The molecule has 3 saturated carbocycles. The number of hydrogen-bond acceptors (Lipinski definition) is 2. The molecule has 2 nitrogen and oxygen atoms in total. The van der Waals surface area contributed by atoms with Crippen molar-refractivity contribution in [3.63, 3.8) is 0 Å². The van der Waals surface area contributed by atoms with E-state index in [0.29, 0.717) is 23.5 Å². The van der Waals surface area contributed by atoms with Crippen molar-refractivity contribution < 1.29 is 9.90 Å². The second-order valence-electron chi connectivity index (χ2n) is 9.14. The molecular weight excluding hydrogens is 296 g/mol. The summed E-state index contributed by atoms with van der Waals surface area (Å²) < 4.78 is 0. The molecule has 4 aliphatic rings. The van der Waals surface area contributed by atoms with E-state index in [1.54, 1.807) is 6.92 Å². The second-order valence-corrected chi connectivity index (χ2v) is 9.14. The first-order chi connectivity index (χ1) is 11.4. The first-order valence-electron chi connectivity index (χ1n) is 9.78. The number of terminal acetylenes is 1. The topological polar surface area (TPSA) is 37.3 Å². The first-order valence-corrected chi connectivity index (χ1v) is 9.78. The highest BCUT2D eigenvalue weighted by molar-refractivity contribution is 5.79. The zero-order valence-corrected chi connectivity index (χ0v) is 15.1. The molecule has 0 aromatic rings. The summed E-state index contributed by atoms with van der Waals surface area (Å²) >= 11 is 0. The lowest BCUT2D eigenvalue weighted by Crippen LogP contribution is -2.51. The smallest absolute Gasteiger partial charge is 0.133 e. The van der Waals surface area contributed by atoms with Gasteiger partial charge in [0, 0.05) is 5.92 Å². The van der Waals surface area contributed by atoms with E-state index < -0.39 is 0 Å². The first kappa shape index (κ1) is 16.4. The van der Waals surface area contributed by atoms with Gasteiger partial charge in [0.2, 0.25) is 0 Å². The van der Waals surface area contributed by atoms with Crippen molar-refractivity contribution in [2.75, 3.05) is 0 Å². The van der Waals surface area contributed by atoms with Gasteiger partial charge in [-0.2, -0.15) is 0 Å². The molecule has 0 amide bonds. The van der Waals surface area contributed by atoms with Crippen LogP contribution in [0.3, 0.4) is 0 Å². The summed E-state index contributed by atoms with van der Waals surface area (Å²) in [5.41, 5.74) is 1.41. The largest absolute Gasteiger partial charge is 0.393 e. The summed E-state index contributed by atoms with van der Waals surface area (Å²) in [7, 11) is 0. The molecule has 0 bridgehead atoms. The molecule has 0 unspecified atom stereocenters. The third-order valence-electron chi connectivity index (χ3n) is 8.36. The molecule has 1 N–H and O–H groups in total. The minimum absolute atomic E-state index is 0.113. The van der Waals surface area contributed by atoms with Crippen LogP contribution in [-0.2, 0) is 4.79 Å². The van der Waals surface area contributed by atoms with Gasteiger partial charge in [-0.05, 0) is 81.5 Å². The van der Waals surface area contributed by atoms with E-state index in [2.05, 4.69) is 18.9 Å². The van der Waals surface area contributed by atoms with E-state index in [-0.39, 0.29) is 22.9 Å². The summed E-state index contributed by atoms with van der Waals surface area (Å²) in [6.07, 6.45) is 16.5. The van der Waals surface area contributed by atoms with Gasteiger partial charge in [-0.25, -0.2) is 0 Å². The van der Waals surface area contributed by atoms with Gasteiger partial charge >= 0.3 is 0 Å². The Morgan fingerprint density at radius 2 is 2.04 bits per heavy atom. The molecule has 130 valence electrons. The van der Waals surface area contributed by atoms with Gasteiger partial charge in [-0.15, -0.1) is 6.42 Å². The van der Waals surface area contributed by atoms with Crippen molar-refractivity contribution in [2.45, 2.75) is 71.3 Å². The van der Waals surface area contributed by atoms with Gasteiger partial charge in [-0.3, -0.25) is 4.79 Å². The minimum atomic E-state index is -0.211. The van der Waals surface area contributed by atoms with Crippen LogP contribution in [0.25, 0.3) is 0 Å². The highest BCUT2D eigenvalue weighted by Crippen LogP contribution is 2.66. The van der Waals surface area contributed by atoms with Crippen molar-refractivity contribution in [1.82, 2.24) is 0 Å². The van der Waals surface area contributed by atoms with Gasteiger partial charge in [0.25, 0.3) is 0 Å². The highest BCUT2D eigenvalue weighted by Gasteiger charge is 2.60. The Bertz CT molecular complexity index is 626. The van der Waals surface area contributed by atoms with Gasteiger partial charge < -0.3 is 5.11 Å². The molecule has 2 heteroatoms. The van der Waals surface area contributed by atoms with Gasteiger partial charge in [0.05, 0.1) is 11.5 Å². The average Bonchev–Trinajstić information content (AvgIpc) is 2.91. The van der Waals surface area contributed by atoms with Crippen LogP contribution in [0.4, 0.5) is 0 Å². The number of allylic oxidation sites excluding steroid dienone is 1. The Hall–Kier alpha value is -1.07. The number of hydrogen-bond donors (Lipinski definition) is 1. The molecule has 0 heterocycles. The molecule has 0 aliphatic heterocycles. The fraction of sp³-hybridized carbons (Fsp3) is 0.773. The van der Waals surface area contributed by atoms with Crippen LogP contribution in [0.1, 0.15) is 65.2 Å². The number of rotatable bonds is 1. The maximum atomic E-state index is 12.2. The van der Waals surface area contributed by atoms with Crippen LogP contribution in [-0.4, -0.2) is 17.0 Å². The summed E-state index contributed by atoms with van der Waals surface area (Å²) in [6, 6.07) is 0. The number of fused-ring (bicyclic) bond motifs is 5. The molecule has 0 aromatic heterocycles. The Labute approximate surface area is 146 Å². The van der Waals surface area contributed by atoms with Crippen LogP contribution in [0.5, 0.6) is 0 Å². The van der Waals surface area contributed by atoms with E-state index in [1.165, 1.54) is 12.0 Å². The lowest BCUT2D eigenvalue weighted by atomic mass is 9.47. The number of aliphatic hydroxyl groups excluding tert-OH is 1. The molecule has 7 atom stereocenters. The fourth-order valence-corrected chi connectivity index (χ4v) is 7.23. The lowest BCUT2D eigenvalue weighted by molar-refractivity contribution is -0.127. The predicted octanol–water partition coefficient (Wildman–Crippen LogP) is 4.13. The van der Waals surface area contributed by atoms with E-state index in [1.807, 2.05) is 0 Å². The highest BCUT2D eigenvalue weighted by atomic mass is 16.3. The summed E-state index contributed by atoms with van der Waals surface area (Å²) in [4.78, 5) is 12.2. The molecule has 0 spiro atoms. The number of ketones is 1. The lowest BCUT2D eigenvalue weighted by Gasteiger charge is -2.57. The Morgan fingerprint density at radius 1 is 1.25 bits per heavy atom. The number of aliphatic hydroxyl groups is 1. The van der Waals surface area contributed by atoms with Crippen LogP contribution in [0, 0.1) is 46.8 Å². The second kappa shape index (κ2) is 5.46. The van der Waals surface area contributed by atoms with Crippen LogP contribution >= 0.6 is 0 Å². The van der Waals surface area contributed by atoms with Crippen LogP contribution < -0.4 is 0 Å². The van der Waals surface area contributed by atoms with Gasteiger partial charge in [-0.1, -0.05) is 24.5 Å². The van der Waals surface area contributed by atoms with Crippen molar-refractivity contribution in [3.05, 3.63) is 11.6 Å². The monoisotopic (exact) mass is 326 g/mol. The maximum absolute atomic E-state index is 12.2. The van der Waals surface area contributed by atoms with Crippen molar-refractivity contribution >= 4 is 5.78 Å². The molecule has 24 heavy (non-hydrogen) atoms. The van der Waals surface area contributed by atoms with Crippen LogP contribution in [0.15, 0.2) is 11.6 Å². The molecule has 0 aromatic carbocycles. The quantitative estimate of drug-likeness (QED) is 0.581. The Kier molecular flexibility index (Phi) is 3.73. The number of Topliss-reactive ketones (excluding diaryl/α,β-unsaturated/α-hetero) is 1. The van der Waals surface area contributed by atoms with E-state index in [4.69, 9.17) is 6.42 Å². The van der Waals surface area contributed by atoms with Gasteiger partial charge in [0.15, 0.2) is 0 Å². The van der Waals surface area contributed by atoms with E-state index in [0.717, 1.165) is 44.9 Å². The van der Waals surface area contributed by atoms with Crippen molar-refractivity contribution in [3.8, 4) is 12.3 Å². The number of carbonyl (C=O) groups is 1. The molecule has 4 rings (SSSR count). The van der Waals surface area contributed by atoms with E-state index in [9.17, 15) is 9.90 Å². The molecule has 4 aliphatic carbocycles. The molecule has 0 radical (unpaired) electrons. The maximum Gasteiger partial charge on any atom is 0.133 e. The average molecular weight is 326 g/mol. The fourth-order valence-electron chi connectivity index (χ4n) is 7.23. The standard InChI is InChI=1S/C22H30O2/c1-4-22-12-9-16(24)13-15(22)5-6-17-19-8-7-18(14(2)23)21(19,3)11-10-20(17)22/h1,5,16-20,24H,6-13H2,2-3H3/t16-,17-,18+,19-,20-,21+,22-/m0/s1. The third-order valence-corrected chi connectivity index (χ3v) is 8.36. The van der Waals surface area contributed by atoms with Gasteiger partial charge in [0.1, 0.15) is 5.78 Å². The molecule has 0 saturated heterocycles. The van der Waals surface area contributed by atoms with E-state index >= 15 is 0 Å². The minimum Gasteiger partial charge on any atom is -0.393 e. The molecular formula is C22H30O2. The zero-order valence-electron chi connectivity index (χ0n) is 15.1. The van der Waals surface area contributed by atoms with Crippen molar-refractivity contribution in [2.24, 2.45) is 34.5 Å². The van der Waals surface area contributed by atoms with Crippen LogP contribution in [0.2, 0.25) is 0 Å². The molecule has 3 fully saturated rings. The summed E-state index contributed by atoms with van der Waals surface area (Å²) in [6.45, 7) is 4.16. The third kappa shape index (κ3) is 2.03. The SMILES string of the molecule is C#C[C@]12CC[C@H](O)CC1=CC[C@H]1[C@@H]3CC[C@H](C(C)=O)[C@@]3(C)CC[C@@H]12. The predicted molar refractivity (Wildman–Crippen MR) is 95.0 cm³/mol. The Balaban J connectivity index is 1.70. The summed E-state index contributed by atoms with van der Waals surface area (Å²) in [5, 5.41) is 10.1. The normalized spacial score (nSPS) is 50.1. The van der Waals surface area contributed by atoms with Crippen molar-refractivity contribution in [1.29, 1.82) is 0 Å². The Morgan fingerprint density at radius 3 is 2.75 bits per heavy atom. The number of carbonyl (C=O) groups excluding carboxylic acids is 1.